The fourth-order valence-electron chi connectivity index (χ4n) is 3.07. The van der Waals surface area contributed by atoms with E-state index in [2.05, 4.69) is 18.9 Å². The zero-order valence-electron chi connectivity index (χ0n) is 14.7. The Morgan fingerprint density at radius 2 is 2.04 bits per heavy atom. The maximum absolute atomic E-state index is 12.5. The van der Waals surface area contributed by atoms with E-state index < -0.39 is 9.84 Å². The maximum atomic E-state index is 12.5. The van der Waals surface area contributed by atoms with Gasteiger partial charge in [0.2, 0.25) is 5.91 Å². The number of aryl methyl sites for hydroxylation is 1. The molecule has 1 aromatic heterocycles. The second-order valence-corrected chi connectivity index (χ2v) is 9.19. The summed E-state index contributed by atoms with van der Waals surface area (Å²) in [6.07, 6.45) is 0.817. The van der Waals surface area contributed by atoms with Crippen molar-refractivity contribution in [1.29, 1.82) is 0 Å². The Bertz CT molecular complexity index is 692. The number of aromatic nitrogens is 2. The lowest BCUT2D eigenvalue weighted by Crippen LogP contribution is -2.38. The average molecular weight is 341 g/mol. The first-order valence-corrected chi connectivity index (χ1v) is 9.92. The van der Waals surface area contributed by atoms with Crippen molar-refractivity contribution in [3.8, 4) is 0 Å². The van der Waals surface area contributed by atoms with E-state index in [0.29, 0.717) is 12.3 Å². The minimum atomic E-state index is -2.98. The normalized spacial score (nSPS) is 20.2. The number of rotatable bonds is 5. The van der Waals surface area contributed by atoms with Crippen LogP contribution in [-0.2, 0) is 27.6 Å². The van der Waals surface area contributed by atoms with Gasteiger partial charge in [-0.25, -0.2) is 8.42 Å². The Balaban J connectivity index is 2.10. The molecule has 0 spiro atoms. The Labute approximate surface area is 138 Å². The summed E-state index contributed by atoms with van der Waals surface area (Å²) in [7, 11) is -1.28. The third-order valence-corrected chi connectivity index (χ3v) is 6.30. The standard InChI is InChI=1S/C16H27N3O3S/c1-11(2)9-19-13(4)15(12(3)17-19)8-16(20)18(5)14-6-7-23(21,22)10-14/h11,14H,6-10H2,1-5H3/t14-/m0/s1. The highest BCUT2D eigenvalue weighted by atomic mass is 32.2. The molecular formula is C16H27N3O3S. The van der Waals surface area contributed by atoms with Crippen LogP contribution in [0.4, 0.5) is 0 Å². The smallest absolute Gasteiger partial charge is 0.227 e. The highest BCUT2D eigenvalue weighted by Gasteiger charge is 2.33. The van der Waals surface area contributed by atoms with Gasteiger partial charge in [-0.2, -0.15) is 5.10 Å². The van der Waals surface area contributed by atoms with Gasteiger partial charge in [0, 0.05) is 30.9 Å². The molecule has 0 saturated carbocycles. The molecule has 1 aliphatic heterocycles. The number of carbonyl (C=O) groups is 1. The summed E-state index contributed by atoms with van der Waals surface area (Å²) in [5.74, 6) is 0.713. The van der Waals surface area contributed by atoms with Crippen LogP contribution in [0.1, 0.15) is 37.2 Å². The third kappa shape index (κ3) is 4.13. The summed E-state index contributed by atoms with van der Waals surface area (Å²) < 4.78 is 25.1. The summed E-state index contributed by atoms with van der Waals surface area (Å²) in [5.41, 5.74) is 2.87. The molecule has 2 heterocycles. The molecule has 1 aromatic rings. The van der Waals surface area contributed by atoms with Gasteiger partial charge in [-0.1, -0.05) is 13.8 Å². The Morgan fingerprint density at radius 3 is 2.57 bits per heavy atom. The van der Waals surface area contributed by atoms with E-state index in [4.69, 9.17) is 0 Å². The van der Waals surface area contributed by atoms with Gasteiger partial charge < -0.3 is 4.90 Å². The topological polar surface area (TPSA) is 72.3 Å². The van der Waals surface area contributed by atoms with E-state index in [-0.39, 0.29) is 29.9 Å². The summed E-state index contributed by atoms with van der Waals surface area (Å²) in [5, 5.41) is 4.53. The van der Waals surface area contributed by atoms with Crippen molar-refractivity contribution in [2.24, 2.45) is 5.92 Å². The monoisotopic (exact) mass is 341 g/mol. The molecule has 0 aliphatic carbocycles. The largest absolute Gasteiger partial charge is 0.341 e. The number of likely N-dealkylation sites (N-methyl/N-ethyl adjacent to an activating group) is 1. The van der Waals surface area contributed by atoms with Gasteiger partial charge in [-0.15, -0.1) is 0 Å². The van der Waals surface area contributed by atoms with E-state index in [1.165, 1.54) is 0 Å². The summed E-state index contributed by atoms with van der Waals surface area (Å²) in [6.45, 7) is 9.01. The number of hydrogen-bond acceptors (Lipinski definition) is 4. The van der Waals surface area contributed by atoms with E-state index in [1.54, 1.807) is 11.9 Å². The lowest BCUT2D eigenvalue weighted by atomic mass is 10.1. The van der Waals surface area contributed by atoms with Gasteiger partial charge in [0.15, 0.2) is 9.84 Å². The summed E-state index contributed by atoms with van der Waals surface area (Å²) in [6, 6.07) is -0.196. The maximum Gasteiger partial charge on any atom is 0.227 e. The van der Waals surface area contributed by atoms with E-state index in [9.17, 15) is 13.2 Å². The molecule has 0 radical (unpaired) electrons. The summed E-state index contributed by atoms with van der Waals surface area (Å²) in [4.78, 5) is 14.1. The van der Waals surface area contributed by atoms with Crippen LogP contribution in [-0.4, -0.2) is 53.6 Å². The van der Waals surface area contributed by atoms with Gasteiger partial charge >= 0.3 is 0 Å². The lowest BCUT2D eigenvalue weighted by Gasteiger charge is -2.23. The van der Waals surface area contributed by atoms with Crippen molar-refractivity contribution in [1.82, 2.24) is 14.7 Å². The molecule has 0 aromatic carbocycles. The molecule has 1 amide bonds. The SMILES string of the molecule is Cc1nn(CC(C)C)c(C)c1CC(=O)N(C)[C@H]1CCS(=O)(=O)C1. The Hall–Kier alpha value is -1.37. The first-order valence-electron chi connectivity index (χ1n) is 8.09. The zero-order valence-corrected chi connectivity index (χ0v) is 15.5. The molecule has 0 bridgehead atoms. The average Bonchev–Trinajstić information content (AvgIpc) is 2.92. The quantitative estimate of drug-likeness (QED) is 0.810. The predicted molar refractivity (Wildman–Crippen MR) is 90.1 cm³/mol. The number of amides is 1. The van der Waals surface area contributed by atoms with Crippen LogP contribution >= 0.6 is 0 Å². The fourth-order valence-corrected chi connectivity index (χ4v) is 4.85. The van der Waals surface area contributed by atoms with Crippen molar-refractivity contribution in [3.05, 3.63) is 17.0 Å². The van der Waals surface area contributed by atoms with Gasteiger partial charge in [0.25, 0.3) is 0 Å². The summed E-state index contributed by atoms with van der Waals surface area (Å²) >= 11 is 0. The van der Waals surface area contributed by atoms with Gasteiger partial charge in [-0.05, 0) is 26.2 Å². The molecular weight excluding hydrogens is 314 g/mol. The van der Waals surface area contributed by atoms with Gasteiger partial charge in [-0.3, -0.25) is 9.48 Å². The number of sulfone groups is 1. The lowest BCUT2D eigenvalue weighted by molar-refractivity contribution is -0.130. The van der Waals surface area contributed by atoms with Crippen molar-refractivity contribution in [3.63, 3.8) is 0 Å². The molecule has 7 heteroatoms. The third-order valence-electron chi connectivity index (χ3n) is 4.55. The first-order chi connectivity index (χ1) is 10.6. The van der Waals surface area contributed by atoms with Crippen molar-refractivity contribution in [2.75, 3.05) is 18.6 Å². The van der Waals surface area contributed by atoms with Crippen molar-refractivity contribution >= 4 is 15.7 Å². The number of carbonyl (C=O) groups excluding carboxylic acids is 1. The van der Waals surface area contributed by atoms with Crippen molar-refractivity contribution < 1.29 is 13.2 Å². The minimum Gasteiger partial charge on any atom is -0.341 e. The zero-order chi connectivity index (χ0) is 17.4. The molecule has 2 rings (SSSR count). The van der Waals surface area contributed by atoms with Crippen LogP contribution in [0, 0.1) is 19.8 Å². The van der Waals surface area contributed by atoms with Crippen LogP contribution in [0.25, 0.3) is 0 Å². The van der Waals surface area contributed by atoms with Crippen LogP contribution in [0.5, 0.6) is 0 Å². The van der Waals surface area contributed by atoms with Crippen molar-refractivity contribution in [2.45, 2.75) is 53.1 Å². The highest BCUT2D eigenvalue weighted by Crippen LogP contribution is 2.20. The Kier molecular flexibility index (Phi) is 5.18. The molecule has 1 saturated heterocycles. The van der Waals surface area contributed by atoms with Crippen LogP contribution in [0.15, 0.2) is 0 Å². The molecule has 130 valence electrons. The van der Waals surface area contributed by atoms with E-state index in [0.717, 1.165) is 23.5 Å². The molecule has 6 nitrogen and oxygen atoms in total. The fraction of sp³-hybridized carbons (Fsp3) is 0.750. The molecule has 1 fully saturated rings. The first kappa shape index (κ1) is 18.0. The van der Waals surface area contributed by atoms with E-state index >= 15 is 0 Å². The second-order valence-electron chi connectivity index (χ2n) is 6.96. The highest BCUT2D eigenvalue weighted by molar-refractivity contribution is 7.91. The van der Waals surface area contributed by atoms with Gasteiger partial charge in [0.1, 0.15) is 0 Å². The Morgan fingerprint density at radius 1 is 1.39 bits per heavy atom. The van der Waals surface area contributed by atoms with E-state index in [1.807, 2.05) is 18.5 Å². The van der Waals surface area contributed by atoms with Gasteiger partial charge in [0.05, 0.1) is 23.6 Å². The predicted octanol–water partition coefficient (Wildman–Crippen LogP) is 1.34. The molecule has 23 heavy (non-hydrogen) atoms. The number of nitrogens with zero attached hydrogens (tertiary/aromatic N) is 3. The molecule has 0 N–H and O–H groups in total. The minimum absolute atomic E-state index is 0.0394. The molecule has 1 aliphatic rings. The second kappa shape index (κ2) is 6.63. The van der Waals surface area contributed by atoms with Crippen LogP contribution < -0.4 is 0 Å². The number of hydrogen-bond donors (Lipinski definition) is 0. The molecule has 0 unspecified atom stereocenters. The molecule has 1 atom stereocenters. The van der Waals surface area contributed by atoms with Crippen LogP contribution in [0.2, 0.25) is 0 Å². The van der Waals surface area contributed by atoms with Crippen LogP contribution in [0.3, 0.4) is 0 Å².